The molecule has 0 amide bonds. The third-order valence-corrected chi connectivity index (χ3v) is 3.36. The number of benzene rings is 1. The molecule has 1 N–H and O–H groups in total. The zero-order valence-corrected chi connectivity index (χ0v) is 10.9. The summed E-state index contributed by atoms with van der Waals surface area (Å²) in [7, 11) is 1.91. The Labute approximate surface area is 107 Å². The molecule has 1 aromatic carbocycles. The lowest BCUT2D eigenvalue weighted by Crippen LogP contribution is -2.29. The summed E-state index contributed by atoms with van der Waals surface area (Å²) in [5.41, 5.74) is 1.10. The van der Waals surface area contributed by atoms with Crippen LogP contribution < -0.4 is 4.90 Å². The summed E-state index contributed by atoms with van der Waals surface area (Å²) in [4.78, 5) is 1.96. The van der Waals surface area contributed by atoms with Gasteiger partial charge in [0, 0.05) is 31.5 Å². The maximum Gasteiger partial charge on any atom is 0.131 e. The van der Waals surface area contributed by atoms with E-state index in [9.17, 15) is 9.50 Å². The van der Waals surface area contributed by atoms with Crippen molar-refractivity contribution in [3.05, 3.63) is 29.6 Å². The molecule has 1 saturated heterocycles. The molecule has 2 atom stereocenters. The number of hydrogen-bond acceptors (Lipinski definition) is 3. The first-order valence-electron chi connectivity index (χ1n) is 6.39. The van der Waals surface area contributed by atoms with E-state index in [4.69, 9.17) is 4.74 Å². The fraction of sp³-hybridized carbons (Fsp3) is 0.571. The van der Waals surface area contributed by atoms with Gasteiger partial charge in [-0.3, -0.25) is 0 Å². The average Bonchev–Trinajstić information content (AvgIpc) is 2.80. The van der Waals surface area contributed by atoms with Crippen LogP contribution in [0, 0.1) is 5.82 Å². The molecule has 1 aromatic rings. The second-order valence-electron chi connectivity index (χ2n) is 4.86. The molecule has 1 heterocycles. The second-order valence-corrected chi connectivity index (χ2v) is 4.86. The number of anilines is 1. The minimum Gasteiger partial charge on any atom is -0.389 e. The fourth-order valence-corrected chi connectivity index (χ4v) is 2.46. The quantitative estimate of drug-likeness (QED) is 0.895. The SMILES string of the molecule is C[C@@H](O)c1c(F)cccc1N(C)CC1CCCO1. The molecule has 1 unspecified atom stereocenters. The Kier molecular flexibility index (Phi) is 4.19. The van der Waals surface area contributed by atoms with E-state index in [0.29, 0.717) is 5.56 Å². The molecule has 0 radical (unpaired) electrons. The lowest BCUT2D eigenvalue weighted by Gasteiger charge is -2.26. The van der Waals surface area contributed by atoms with Gasteiger partial charge in [0.05, 0.1) is 12.2 Å². The van der Waals surface area contributed by atoms with Gasteiger partial charge in [-0.05, 0) is 31.9 Å². The summed E-state index contributed by atoms with van der Waals surface area (Å²) < 4.78 is 19.3. The molecule has 0 aliphatic carbocycles. The number of aliphatic hydroxyl groups excluding tert-OH is 1. The summed E-state index contributed by atoms with van der Waals surface area (Å²) in [6, 6.07) is 4.88. The van der Waals surface area contributed by atoms with Crippen molar-refractivity contribution in [2.45, 2.75) is 32.0 Å². The summed E-state index contributed by atoms with van der Waals surface area (Å²) in [6.07, 6.45) is 1.53. The number of aliphatic hydroxyl groups is 1. The molecule has 100 valence electrons. The van der Waals surface area contributed by atoms with Crippen molar-refractivity contribution in [1.29, 1.82) is 0 Å². The van der Waals surface area contributed by atoms with Crippen LogP contribution in [-0.4, -0.2) is 31.4 Å². The lowest BCUT2D eigenvalue weighted by atomic mass is 10.1. The van der Waals surface area contributed by atoms with Gasteiger partial charge in [-0.25, -0.2) is 4.39 Å². The van der Waals surface area contributed by atoms with Crippen molar-refractivity contribution >= 4 is 5.69 Å². The van der Waals surface area contributed by atoms with E-state index in [1.165, 1.54) is 6.07 Å². The van der Waals surface area contributed by atoms with Crippen LogP contribution in [0.15, 0.2) is 18.2 Å². The topological polar surface area (TPSA) is 32.7 Å². The summed E-state index contributed by atoms with van der Waals surface area (Å²) in [5.74, 6) is -0.360. The van der Waals surface area contributed by atoms with E-state index < -0.39 is 6.10 Å². The Morgan fingerprint density at radius 3 is 2.94 bits per heavy atom. The zero-order chi connectivity index (χ0) is 13.1. The highest BCUT2D eigenvalue weighted by atomic mass is 19.1. The van der Waals surface area contributed by atoms with Crippen LogP contribution in [0.1, 0.15) is 31.4 Å². The van der Waals surface area contributed by atoms with Gasteiger partial charge in [0.25, 0.3) is 0 Å². The van der Waals surface area contributed by atoms with Gasteiger partial charge in [0.2, 0.25) is 0 Å². The minimum absolute atomic E-state index is 0.208. The van der Waals surface area contributed by atoms with Gasteiger partial charge < -0.3 is 14.7 Å². The molecule has 0 bridgehead atoms. The highest BCUT2D eigenvalue weighted by Gasteiger charge is 2.21. The maximum atomic E-state index is 13.8. The molecule has 0 spiro atoms. The predicted molar refractivity (Wildman–Crippen MR) is 69.3 cm³/mol. The molecule has 0 saturated carbocycles. The Bertz CT molecular complexity index is 403. The van der Waals surface area contributed by atoms with Crippen molar-refractivity contribution in [3.63, 3.8) is 0 Å². The standard InChI is InChI=1S/C14H20FNO2/c1-10(17)14-12(15)6-3-7-13(14)16(2)9-11-5-4-8-18-11/h3,6-7,10-11,17H,4-5,8-9H2,1-2H3/t10-,11?/m1/s1. The maximum absolute atomic E-state index is 13.8. The largest absolute Gasteiger partial charge is 0.389 e. The van der Waals surface area contributed by atoms with Crippen LogP contribution in [0.3, 0.4) is 0 Å². The van der Waals surface area contributed by atoms with Gasteiger partial charge in [0.1, 0.15) is 5.82 Å². The first-order chi connectivity index (χ1) is 8.59. The third kappa shape index (κ3) is 2.82. The molecule has 1 aliphatic rings. The van der Waals surface area contributed by atoms with E-state index in [2.05, 4.69) is 0 Å². The Morgan fingerprint density at radius 2 is 2.33 bits per heavy atom. The van der Waals surface area contributed by atoms with E-state index >= 15 is 0 Å². The average molecular weight is 253 g/mol. The highest BCUT2D eigenvalue weighted by Crippen LogP contribution is 2.29. The molecule has 1 aliphatic heterocycles. The fourth-order valence-electron chi connectivity index (χ4n) is 2.46. The molecule has 4 heteroatoms. The summed E-state index contributed by atoms with van der Waals surface area (Å²) in [5, 5.41) is 9.70. The van der Waals surface area contributed by atoms with Gasteiger partial charge in [-0.2, -0.15) is 0 Å². The third-order valence-electron chi connectivity index (χ3n) is 3.36. The van der Waals surface area contributed by atoms with Crippen LogP contribution in [0.2, 0.25) is 0 Å². The normalized spacial score (nSPS) is 21.0. The van der Waals surface area contributed by atoms with Crippen molar-refractivity contribution in [2.24, 2.45) is 0 Å². The molecular formula is C14H20FNO2. The first-order valence-corrected chi connectivity index (χ1v) is 6.39. The van der Waals surface area contributed by atoms with Crippen molar-refractivity contribution in [1.82, 2.24) is 0 Å². The van der Waals surface area contributed by atoms with Gasteiger partial charge in [-0.15, -0.1) is 0 Å². The van der Waals surface area contributed by atoms with Gasteiger partial charge >= 0.3 is 0 Å². The number of ether oxygens (including phenoxy) is 1. The molecular weight excluding hydrogens is 233 g/mol. The number of rotatable bonds is 4. The number of nitrogens with zero attached hydrogens (tertiary/aromatic N) is 1. The van der Waals surface area contributed by atoms with Crippen LogP contribution in [0.25, 0.3) is 0 Å². The van der Waals surface area contributed by atoms with E-state index in [1.807, 2.05) is 18.0 Å². The molecule has 1 fully saturated rings. The van der Waals surface area contributed by atoms with Crippen LogP contribution in [0.5, 0.6) is 0 Å². The monoisotopic (exact) mass is 253 g/mol. The van der Waals surface area contributed by atoms with Crippen molar-refractivity contribution in [2.75, 3.05) is 25.1 Å². The summed E-state index contributed by atoms with van der Waals surface area (Å²) in [6.45, 7) is 3.12. The molecule has 2 rings (SSSR count). The van der Waals surface area contributed by atoms with E-state index in [1.54, 1.807) is 13.0 Å². The molecule has 0 aromatic heterocycles. The zero-order valence-electron chi connectivity index (χ0n) is 10.9. The number of halogens is 1. The summed E-state index contributed by atoms with van der Waals surface area (Å²) >= 11 is 0. The van der Waals surface area contributed by atoms with Crippen LogP contribution in [-0.2, 0) is 4.74 Å². The number of hydrogen-bond donors (Lipinski definition) is 1. The van der Waals surface area contributed by atoms with Crippen molar-refractivity contribution in [3.8, 4) is 0 Å². The predicted octanol–water partition coefficient (Wildman–Crippen LogP) is 2.49. The lowest BCUT2D eigenvalue weighted by molar-refractivity contribution is 0.116. The Morgan fingerprint density at radius 1 is 1.56 bits per heavy atom. The minimum atomic E-state index is -0.812. The van der Waals surface area contributed by atoms with E-state index in [0.717, 1.165) is 31.7 Å². The number of likely N-dealkylation sites (N-methyl/N-ethyl adjacent to an activating group) is 1. The smallest absolute Gasteiger partial charge is 0.131 e. The Hall–Kier alpha value is -1.13. The van der Waals surface area contributed by atoms with Crippen molar-refractivity contribution < 1.29 is 14.2 Å². The first kappa shape index (κ1) is 13.3. The van der Waals surface area contributed by atoms with Crippen LogP contribution >= 0.6 is 0 Å². The highest BCUT2D eigenvalue weighted by molar-refractivity contribution is 5.54. The molecule has 3 nitrogen and oxygen atoms in total. The van der Waals surface area contributed by atoms with Gasteiger partial charge in [0.15, 0.2) is 0 Å². The van der Waals surface area contributed by atoms with Gasteiger partial charge in [-0.1, -0.05) is 6.07 Å². The second kappa shape index (κ2) is 5.67. The Balaban J connectivity index is 2.18. The molecule has 18 heavy (non-hydrogen) atoms. The van der Waals surface area contributed by atoms with E-state index in [-0.39, 0.29) is 11.9 Å². The van der Waals surface area contributed by atoms with Crippen LogP contribution in [0.4, 0.5) is 10.1 Å².